The zero-order chi connectivity index (χ0) is 19.2. The lowest BCUT2D eigenvalue weighted by atomic mass is 10.1. The number of hydrogen-bond donors (Lipinski definition) is 2. The molecule has 0 radical (unpaired) electrons. The zero-order valence-corrected chi connectivity index (χ0v) is 15.8. The van der Waals surface area contributed by atoms with E-state index in [2.05, 4.69) is 15.8 Å². The van der Waals surface area contributed by atoms with Crippen molar-refractivity contribution in [1.29, 1.82) is 0 Å². The average Bonchev–Trinajstić information content (AvgIpc) is 2.70. The van der Waals surface area contributed by atoms with Crippen molar-refractivity contribution in [3.05, 3.63) is 65.7 Å². The molecule has 3 rings (SSSR count). The Kier molecular flexibility index (Phi) is 5.93. The second-order valence-corrected chi connectivity index (χ2v) is 6.81. The summed E-state index contributed by atoms with van der Waals surface area (Å²) in [4.78, 5) is 28.5. The number of methoxy groups -OCH3 is 1. The van der Waals surface area contributed by atoms with Crippen molar-refractivity contribution in [2.24, 2.45) is 0 Å². The molecule has 138 valence electrons. The second kappa shape index (κ2) is 8.55. The van der Waals surface area contributed by atoms with E-state index in [1.807, 2.05) is 37.3 Å². The summed E-state index contributed by atoms with van der Waals surface area (Å²) in [7, 11) is 1.61. The minimum atomic E-state index is -0.360. The van der Waals surface area contributed by atoms with Crippen molar-refractivity contribution >= 4 is 34.5 Å². The number of pyridine rings is 1. The predicted octanol–water partition coefficient (Wildman–Crippen LogP) is 3.11. The van der Waals surface area contributed by atoms with Crippen molar-refractivity contribution in [2.75, 3.05) is 12.9 Å². The van der Waals surface area contributed by atoms with E-state index >= 15 is 0 Å². The van der Waals surface area contributed by atoms with Gasteiger partial charge < -0.3 is 4.74 Å². The highest BCUT2D eigenvalue weighted by atomic mass is 32.2. The summed E-state index contributed by atoms with van der Waals surface area (Å²) in [6.45, 7) is 2.00. The number of benzene rings is 2. The lowest BCUT2D eigenvalue weighted by Gasteiger charge is -2.09. The molecule has 0 saturated heterocycles. The maximum Gasteiger partial charge on any atom is 0.269 e. The maximum atomic E-state index is 12.0. The Labute approximate surface area is 161 Å². The average molecular weight is 381 g/mol. The first-order chi connectivity index (χ1) is 13.1. The van der Waals surface area contributed by atoms with Crippen LogP contribution in [0.4, 0.5) is 0 Å². The molecule has 27 heavy (non-hydrogen) atoms. The summed E-state index contributed by atoms with van der Waals surface area (Å²) < 4.78 is 5.24. The van der Waals surface area contributed by atoms with E-state index in [1.54, 1.807) is 31.4 Å². The second-order valence-electron chi connectivity index (χ2n) is 5.82. The number of nitrogens with zero attached hydrogens (tertiary/aromatic N) is 1. The van der Waals surface area contributed by atoms with E-state index in [0.717, 1.165) is 27.2 Å². The number of hydrogen-bond acceptors (Lipinski definition) is 5. The monoisotopic (exact) mass is 381 g/mol. The first-order valence-corrected chi connectivity index (χ1v) is 9.28. The number of carbonyl (C=O) groups excluding carboxylic acids is 2. The summed E-state index contributed by atoms with van der Waals surface area (Å²) in [5.74, 6) is 0.199. The molecule has 1 aromatic heterocycles. The van der Waals surface area contributed by atoms with E-state index in [1.165, 1.54) is 11.8 Å². The van der Waals surface area contributed by atoms with Crippen LogP contribution in [0.3, 0.4) is 0 Å². The molecular formula is C20H19N3O3S. The number of hydrazine groups is 1. The van der Waals surface area contributed by atoms with Crippen LogP contribution in [-0.2, 0) is 4.79 Å². The third kappa shape index (κ3) is 4.77. The van der Waals surface area contributed by atoms with Crippen molar-refractivity contribution < 1.29 is 14.3 Å². The number of thioether (sulfide) groups is 1. The number of fused-ring (bicyclic) bond motifs is 1. The number of amides is 2. The molecule has 2 aromatic carbocycles. The molecule has 0 spiro atoms. The van der Waals surface area contributed by atoms with E-state index in [9.17, 15) is 9.59 Å². The van der Waals surface area contributed by atoms with Gasteiger partial charge in [-0.05, 0) is 42.8 Å². The van der Waals surface area contributed by atoms with E-state index in [-0.39, 0.29) is 17.6 Å². The van der Waals surface area contributed by atoms with Gasteiger partial charge in [-0.25, -0.2) is 4.98 Å². The Balaban J connectivity index is 1.59. The van der Waals surface area contributed by atoms with E-state index < -0.39 is 0 Å². The molecule has 2 N–H and O–H groups in total. The van der Waals surface area contributed by atoms with Crippen LogP contribution in [0, 0.1) is 6.92 Å². The van der Waals surface area contributed by atoms with Gasteiger partial charge in [0, 0.05) is 17.0 Å². The van der Waals surface area contributed by atoms with Gasteiger partial charge in [-0.1, -0.05) is 30.0 Å². The Morgan fingerprint density at radius 2 is 1.85 bits per heavy atom. The van der Waals surface area contributed by atoms with Crippen molar-refractivity contribution in [1.82, 2.24) is 15.8 Å². The number of aromatic nitrogens is 1. The normalized spacial score (nSPS) is 10.4. The summed E-state index contributed by atoms with van der Waals surface area (Å²) in [5.41, 5.74) is 7.18. The maximum absolute atomic E-state index is 12.0. The first-order valence-electron chi connectivity index (χ1n) is 8.29. The molecule has 7 heteroatoms. The molecule has 0 fully saturated rings. The molecule has 0 saturated carbocycles. The predicted molar refractivity (Wildman–Crippen MR) is 106 cm³/mol. The highest BCUT2D eigenvalue weighted by Crippen LogP contribution is 2.26. The Bertz CT molecular complexity index is 977. The quantitative estimate of drug-likeness (QED) is 0.524. The van der Waals surface area contributed by atoms with Crippen LogP contribution in [-0.4, -0.2) is 29.7 Å². The summed E-state index contributed by atoms with van der Waals surface area (Å²) >= 11 is 1.30. The van der Waals surface area contributed by atoms with Crippen LogP contribution in [0.15, 0.2) is 59.6 Å². The molecule has 6 nitrogen and oxygen atoms in total. The molecule has 1 heterocycles. The third-order valence-corrected chi connectivity index (χ3v) is 4.81. The fraction of sp³-hybridized carbons (Fsp3) is 0.150. The fourth-order valence-corrected chi connectivity index (χ4v) is 3.29. The highest BCUT2D eigenvalue weighted by molar-refractivity contribution is 7.99. The van der Waals surface area contributed by atoms with Gasteiger partial charge in [0.1, 0.15) is 5.75 Å². The molecule has 2 amide bonds. The number of ether oxygens (including phenoxy) is 1. The lowest BCUT2D eigenvalue weighted by molar-refractivity contribution is -0.119. The lowest BCUT2D eigenvalue weighted by Crippen LogP contribution is -2.42. The first kappa shape index (κ1) is 18.7. The molecular weight excluding hydrogens is 362 g/mol. The van der Waals surface area contributed by atoms with Gasteiger partial charge in [-0.3, -0.25) is 20.4 Å². The topological polar surface area (TPSA) is 80.3 Å². The van der Waals surface area contributed by atoms with Crippen molar-refractivity contribution in [3.63, 3.8) is 0 Å². The number of rotatable bonds is 5. The molecule has 0 aliphatic carbocycles. The van der Waals surface area contributed by atoms with Crippen LogP contribution in [0.25, 0.3) is 10.9 Å². The van der Waals surface area contributed by atoms with Gasteiger partial charge in [0.15, 0.2) is 0 Å². The number of aryl methyl sites for hydroxylation is 1. The number of carbonyl (C=O) groups is 2. The molecule has 0 aliphatic rings. The van der Waals surface area contributed by atoms with Gasteiger partial charge in [0.05, 0.1) is 23.4 Å². The Hall–Kier alpha value is -3.06. The van der Waals surface area contributed by atoms with Crippen LogP contribution < -0.4 is 15.6 Å². The smallest absolute Gasteiger partial charge is 0.269 e. The SMILES string of the molecule is COc1ccc2c(C)cc(SCC(=O)NNC(=O)c3ccccc3)nc2c1. The standard InChI is InChI=1S/C20H19N3O3S/c1-13-10-19(21-17-11-15(26-2)8-9-16(13)17)27-12-18(24)22-23-20(25)14-6-4-3-5-7-14/h3-11H,12H2,1-2H3,(H,22,24)(H,23,25). The largest absolute Gasteiger partial charge is 0.497 e. The van der Waals surface area contributed by atoms with Gasteiger partial charge >= 0.3 is 0 Å². The fourth-order valence-electron chi connectivity index (χ4n) is 2.52. The molecule has 3 aromatic rings. The van der Waals surface area contributed by atoms with Crippen molar-refractivity contribution in [2.45, 2.75) is 11.9 Å². The van der Waals surface area contributed by atoms with Gasteiger partial charge in [-0.2, -0.15) is 0 Å². The Morgan fingerprint density at radius 3 is 2.59 bits per heavy atom. The highest BCUT2D eigenvalue weighted by Gasteiger charge is 2.09. The summed E-state index contributed by atoms with van der Waals surface area (Å²) in [6.07, 6.45) is 0. The van der Waals surface area contributed by atoms with E-state index in [0.29, 0.717) is 5.56 Å². The van der Waals surface area contributed by atoms with E-state index in [4.69, 9.17) is 4.74 Å². The summed E-state index contributed by atoms with van der Waals surface area (Å²) in [5, 5.41) is 1.78. The Morgan fingerprint density at radius 1 is 1.07 bits per heavy atom. The molecule has 0 atom stereocenters. The summed E-state index contributed by atoms with van der Waals surface area (Å²) in [6, 6.07) is 16.4. The zero-order valence-electron chi connectivity index (χ0n) is 15.0. The number of nitrogens with one attached hydrogen (secondary N) is 2. The van der Waals surface area contributed by atoms with Crippen LogP contribution in [0.2, 0.25) is 0 Å². The van der Waals surface area contributed by atoms with Gasteiger partial charge in [0.2, 0.25) is 5.91 Å². The van der Waals surface area contributed by atoms with Gasteiger partial charge in [0.25, 0.3) is 5.91 Å². The van der Waals surface area contributed by atoms with Crippen LogP contribution in [0.5, 0.6) is 5.75 Å². The van der Waals surface area contributed by atoms with Crippen LogP contribution >= 0.6 is 11.8 Å². The van der Waals surface area contributed by atoms with Gasteiger partial charge in [-0.15, -0.1) is 0 Å². The van der Waals surface area contributed by atoms with Crippen molar-refractivity contribution in [3.8, 4) is 5.75 Å². The minimum absolute atomic E-state index is 0.136. The molecule has 0 unspecified atom stereocenters. The van der Waals surface area contributed by atoms with Crippen LogP contribution in [0.1, 0.15) is 15.9 Å². The minimum Gasteiger partial charge on any atom is -0.497 e. The third-order valence-electron chi connectivity index (χ3n) is 3.90. The molecule has 0 aliphatic heterocycles. The molecule has 0 bridgehead atoms.